The smallest absolute Gasteiger partial charge is 0.310 e. The van der Waals surface area contributed by atoms with E-state index in [4.69, 9.17) is 4.74 Å². The molecule has 4 aliphatic rings. The number of hydrogen-bond acceptors (Lipinski definition) is 4. The van der Waals surface area contributed by atoms with Gasteiger partial charge in [0.05, 0.1) is 5.92 Å². The van der Waals surface area contributed by atoms with Crippen molar-refractivity contribution in [3.8, 4) is 0 Å². The first-order valence-corrected chi connectivity index (χ1v) is 11.9. The summed E-state index contributed by atoms with van der Waals surface area (Å²) >= 11 is 0. The number of hydrogen-bond donors (Lipinski definition) is 0. The second-order valence-electron chi connectivity index (χ2n) is 10.5. The molecule has 30 heavy (non-hydrogen) atoms. The lowest BCUT2D eigenvalue weighted by Gasteiger charge is -2.50. The van der Waals surface area contributed by atoms with Crippen LogP contribution in [-0.2, 0) is 16.1 Å². The summed E-state index contributed by atoms with van der Waals surface area (Å²) in [6.07, 6.45) is 5.94. The fourth-order valence-electron chi connectivity index (χ4n) is 6.71. The monoisotopic (exact) mass is 408 g/mol. The number of nitrogens with zero attached hydrogens (tertiary/aromatic N) is 2. The number of rotatable bonds is 4. The van der Waals surface area contributed by atoms with Crippen LogP contribution in [0.5, 0.6) is 0 Å². The molecule has 5 rings (SSSR count). The number of carbonyl (C=O) groups excluding carboxylic acids is 1. The topological polar surface area (TPSA) is 32.8 Å². The highest BCUT2D eigenvalue weighted by molar-refractivity contribution is 5.75. The van der Waals surface area contributed by atoms with Gasteiger partial charge >= 0.3 is 5.97 Å². The Balaban J connectivity index is 1.19. The lowest BCUT2D eigenvalue weighted by atomic mass is 9.55. The fourth-order valence-corrected chi connectivity index (χ4v) is 6.71. The molecule has 162 valence electrons. The highest BCUT2D eigenvalue weighted by Crippen LogP contribution is 2.56. The van der Waals surface area contributed by atoms with Gasteiger partial charge < -0.3 is 4.74 Å². The predicted molar refractivity (Wildman–Crippen MR) is 119 cm³/mol. The summed E-state index contributed by atoms with van der Waals surface area (Å²) in [6.45, 7) is 12.9. The maximum atomic E-state index is 12.8. The van der Waals surface area contributed by atoms with E-state index in [0.29, 0.717) is 11.8 Å². The number of esters is 1. The summed E-state index contributed by atoms with van der Waals surface area (Å²) in [6, 6.07) is 10.7. The minimum atomic E-state index is 0.0509. The van der Waals surface area contributed by atoms with E-state index < -0.39 is 0 Å². The van der Waals surface area contributed by atoms with Crippen molar-refractivity contribution in [2.75, 3.05) is 32.7 Å². The highest BCUT2D eigenvalue weighted by atomic mass is 16.6. The van der Waals surface area contributed by atoms with Crippen molar-refractivity contribution in [2.24, 2.45) is 23.2 Å². The Bertz CT molecular complexity index is 785. The van der Waals surface area contributed by atoms with E-state index in [1.165, 1.54) is 30.4 Å². The van der Waals surface area contributed by atoms with Crippen molar-refractivity contribution in [1.29, 1.82) is 0 Å². The molecule has 4 fully saturated rings. The second-order valence-corrected chi connectivity index (χ2v) is 10.5. The molecule has 2 heterocycles. The van der Waals surface area contributed by atoms with Gasteiger partial charge in [0, 0.05) is 45.2 Å². The van der Waals surface area contributed by atoms with E-state index in [2.05, 4.69) is 53.6 Å². The molecule has 5 atom stereocenters. The molecule has 0 amide bonds. The molecule has 1 aromatic rings. The van der Waals surface area contributed by atoms with Crippen LogP contribution in [0, 0.1) is 23.2 Å². The Morgan fingerprint density at radius 2 is 1.87 bits per heavy atom. The van der Waals surface area contributed by atoms with Crippen LogP contribution in [0.2, 0.25) is 0 Å². The SMILES string of the molecule is C=C1CCC[C@]2(C)C[C@H]3OC(=O)[C@@H](CN4CCN(Cc5ccccc5)CC4)[C@H]3C[C@@H]12. The molecule has 4 nitrogen and oxygen atoms in total. The number of carbonyl (C=O) groups is 1. The Morgan fingerprint density at radius 3 is 2.63 bits per heavy atom. The molecular weight excluding hydrogens is 372 g/mol. The normalized spacial score (nSPS) is 37.5. The van der Waals surface area contributed by atoms with Crippen molar-refractivity contribution in [2.45, 2.75) is 51.7 Å². The zero-order chi connectivity index (χ0) is 20.7. The van der Waals surface area contributed by atoms with Crippen LogP contribution in [0.15, 0.2) is 42.5 Å². The average Bonchev–Trinajstić information content (AvgIpc) is 3.02. The van der Waals surface area contributed by atoms with Gasteiger partial charge in [0.15, 0.2) is 0 Å². The molecule has 2 saturated heterocycles. The Hall–Kier alpha value is -1.65. The van der Waals surface area contributed by atoms with Crippen LogP contribution in [-0.4, -0.2) is 54.6 Å². The first-order valence-electron chi connectivity index (χ1n) is 11.9. The van der Waals surface area contributed by atoms with Gasteiger partial charge in [-0.2, -0.15) is 0 Å². The van der Waals surface area contributed by atoms with Gasteiger partial charge in [-0.1, -0.05) is 49.4 Å². The standard InChI is InChI=1S/C26H36N2O2/c1-19-7-6-10-26(2)16-24-21(15-23(19)26)22(25(29)30-24)18-28-13-11-27(12-14-28)17-20-8-4-3-5-9-20/h3-5,8-9,21-24H,1,6-7,10-18H2,2H3/t21-,22+,23+,24-,26-/m1/s1. The first kappa shape index (κ1) is 20.3. The minimum absolute atomic E-state index is 0.0509. The molecule has 2 saturated carbocycles. The van der Waals surface area contributed by atoms with Gasteiger partial charge in [-0.25, -0.2) is 0 Å². The largest absolute Gasteiger partial charge is 0.462 e. The Kier molecular flexibility index (Phi) is 5.49. The van der Waals surface area contributed by atoms with E-state index in [-0.39, 0.29) is 23.4 Å². The third-order valence-electron chi connectivity index (χ3n) is 8.49. The van der Waals surface area contributed by atoms with Crippen molar-refractivity contribution < 1.29 is 9.53 Å². The minimum Gasteiger partial charge on any atom is -0.462 e. The molecule has 0 radical (unpaired) electrons. The molecule has 0 unspecified atom stereocenters. The van der Waals surface area contributed by atoms with Crippen molar-refractivity contribution in [3.63, 3.8) is 0 Å². The van der Waals surface area contributed by atoms with E-state index in [1.54, 1.807) is 0 Å². The summed E-state index contributed by atoms with van der Waals surface area (Å²) in [5.74, 6) is 1.07. The van der Waals surface area contributed by atoms with E-state index in [9.17, 15) is 4.79 Å². The number of ether oxygens (including phenoxy) is 1. The van der Waals surface area contributed by atoms with Crippen molar-refractivity contribution in [3.05, 3.63) is 48.0 Å². The number of allylic oxidation sites excluding steroid dienone is 1. The zero-order valence-electron chi connectivity index (χ0n) is 18.4. The summed E-state index contributed by atoms with van der Waals surface area (Å²) in [4.78, 5) is 17.9. The Morgan fingerprint density at radius 1 is 1.13 bits per heavy atom. The van der Waals surface area contributed by atoms with Crippen molar-refractivity contribution >= 4 is 5.97 Å². The average molecular weight is 409 g/mol. The summed E-state index contributed by atoms with van der Waals surface area (Å²) in [5, 5.41) is 0. The summed E-state index contributed by atoms with van der Waals surface area (Å²) in [7, 11) is 0. The molecule has 0 aromatic heterocycles. The van der Waals surface area contributed by atoms with Crippen LogP contribution in [0.25, 0.3) is 0 Å². The van der Waals surface area contributed by atoms with Gasteiger partial charge in [0.25, 0.3) is 0 Å². The molecule has 0 spiro atoms. The summed E-state index contributed by atoms with van der Waals surface area (Å²) < 4.78 is 5.96. The van der Waals surface area contributed by atoms with E-state index in [1.807, 2.05) is 0 Å². The molecule has 1 aromatic carbocycles. The zero-order valence-corrected chi connectivity index (χ0v) is 18.4. The lowest BCUT2D eigenvalue weighted by Crippen LogP contribution is -2.49. The van der Waals surface area contributed by atoms with Gasteiger partial charge in [-0.3, -0.25) is 14.6 Å². The second kappa shape index (κ2) is 8.12. The number of benzene rings is 1. The maximum Gasteiger partial charge on any atom is 0.310 e. The predicted octanol–water partition coefficient (Wildman–Crippen LogP) is 4.12. The van der Waals surface area contributed by atoms with Crippen molar-refractivity contribution in [1.82, 2.24) is 9.80 Å². The van der Waals surface area contributed by atoms with E-state index in [0.717, 1.165) is 52.1 Å². The fraction of sp³-hybridized carbons (Fsp3) is 0.654. The van der Waals surface area contributed by atoms with Gasteiger partial charge in [0.2, 0.25) is 0 Å². The molecule has 4 heteroatoms. The van der Waals surface area contributed by atoms with Gasteiger partial charge in [-0.15, -0.1) is 0 Å². The van der Waals surface area contributed by atoms with Gasteiger partial charge in [-0.05, 0) is 49.0 Å². The van der Waals surface area contributed by atoms with Gasteiger partial charge in [0.1, 0.15) is 6.10 Å². The molecule has 0 N–H and O–H groups in total. The van der Waals surface area contributed by atoms with Crippen LogP contribution in [0.3, 0.4) is 0 Å². The quantitative estimate of drug-likeness (QED) is 0.554. The molecule has 0 bridgehead atoms. The third-order valence-corrected chi connectivity index (χ3v) is 8.49. The number of fused-ring (bicyclic) bond motifs is 2. The molecule has 2 aliphatic heterocycles. The van der Waals surface area contributed by atoms with Crippen LogP contribution in [0.1, 0.15) is 44.6 Å². The molecular formula is C26H36N2O2. The van der Waals surface area contributed by atoms with Crippen LogP contribution >= 0.6 is 0 Å². The van der Waals surface area contributed by atoms with Crippen LogP contribution < -0.4 is 0 Å². The number of piperazine rings is 1. The third kappa shape index (κ3) is 3.85. The summed E-state index contributed by atoms with van der Waals surface area (Å²) in [5.41, 5.74) is 3.09. The Labute approximate surface area is 181 Å². The first-order chi connectivity index (χ1) is 14.5. The highest BCUT2D eigenvalue weighted by Gasteiger charge is 2.55. The lowest BCUT2D eigenvalue weighted by molar-refractivity contribution is -0.146. The maximum absolute atomic E-state index is 12.8. The van der Waals surface area contributed by atoms with Crippen LogP contribution in [0.4, 0.5) is 0 Å². The van der Waals surface area contributed by atoms with E-state index >= 15 is 0 Å². The molecule has 2 aliphatic carbocycles.